The van der Waals surface area contributed by atoms with Gasteiger partial charge in [0, 0.05) is 18.7 Å². The van der Waals surface area contributed by atoms with Gasteiger partial charge in [0.1, 0.15) is 18.7 Å². The Balaban J connectivity index is 1.53. The molecule has 2 aliphatic rings. The molecule has 4 rings (SSSR count). The molecule has 3 amide bonds. The van der Waals surface area contributed by atoms with Gasteiger partial charge in [-0.25, -0.2) is 4.79 Å². The Kier molecular flexibility index (Phi) is 7.03. The number of benzene rings is 2. The second-order valence-electron chi connectivity index (χ2n) is 10.7. The van der Waals surface area contributed by atoms with Crippen molar-refractivity contribution in [2.45, 2.75) is 57.7 Å². The molecule has 0 aliphatic carbocycles. The molecule has 2 aromatic carbocycles. The number of ether oxygens (including phenoxy) is 1. The number of hydrogen-bond donors (Lipinski definition) is 2. The molecule has 1 fully saturated rings. The van der Waals surface area contributed by atoms with Crippen LogP contribution in [0.4, 0.5) is 5.69 Å². The van der Waals surface area contributed by atoms with Gasteiger partial charge in [0.05, 0.1) is 11.5 Å². The summed E-state index contributed by atoms with van der Waals surface area (Å²) in [5.41, 5.74) is 0.701. The third-order valence-corrected chi connectivity index (χ3v) is 6.73. The van der Waals surface area contributed by atoms with Gasteiger partial charge in [0.2, 0.25) is 11.8 Å². The Labute approximate surface area is 215 Å². The smallest absolute Gasteiger partial charge is 0.397 e. The van der Waals surface area contributed by atoms with E-state index in [9.17, 15) is 24.4 Å². The highest BCUT2D eigenvalue weighted by Crippen LogP contribution is 2.46. The average molecular weight is 503 g/mol. The molecule has 1 saturated heterocycles. The summed E-state index contributed by atoms with van der Waals surface area (Å²) < 4.78 is 5.12. The Morgan fingerprint density at radius 1 is 1.16 bits per heavy atom. The molecule has 0 unspecified atom stereocenters. The van der Waals surface area contributed by atoms with Crippen LogP contribution in [0.5, 0.6) is 0 Å². The van der Waals surface area contributed by atoms with Gasteiger partial charge in [-0.1, -0.05) is 69.3 Å². The van der Waals surface area contributed by atoms with Gasteiger partial charge in [0.25, 0.3) is 0 Å². The number of rotatable bonds is 5. The highest BCUT2D eigenvalue weighted by molar-refractivity contribution is 6.32. The normalized spacial score (nSPS) is 21.1. The molecule has 37 heavy (non-hydrogen) atoms. The third kappa shape index (κ3) is 5.33. The topological polar surface area (TPSA) is 129 Å². The van der Waals surface area contributed by atoms with Crippen LogP contribution in [0.3, 0.4) is 0 Å². The number of carbonyl (C=O) groups is 4. The number of para-hydroxylation sites is 1. The zero-order valence-electron chi connectivity index (χ0n) is 21.1. The molecule has 1 spiro atoms. The van der Waals surface area contributed by atoms with Gasteiger partial charge in [0.15, 0.2) is 0 Å². The third-order valence-electron chi connectivity index (χ3n) is 6.73. The summed E-state index contributed by atoms with van der Waals surface area (Å²) >= 11 is 0. The number of nitrogens with zero attached hydrogens (tertiary/aromatic N) is 2. The molecule has 2 aromatic rings. The number of carbonyl (C=O) groups excluding carboxylic acids is 4. The summed E-state index contributed by atoms with van der Waals surface area (Å²) in [6.45, 7) is 5.63. The molecule has 192 valence electrons. The van der Waals surface area contributed by atoms with E-state index in [1.165, 1.54) is 4.90 Å². The zero-order valence-corrected chi connectivity index (χ0v) is 21.1. The SMILES string of the molecule is CC(C)(C)C[C@H](NC(=O)C(=O)OCc1ccccc1)C(=O)N1C[C@]2(C[C@H]1C#N)C(=O)Nc1ccccc12. The second kappa shape index (κ2) is 10.1. The van der Waals surface area contributed by atoms with Crippen LogP contribution in [-0.2, 0) is 35.9 Å². The van der Waals surface area contributed by atoms with Crippen molar-refractivity contribution in [3.63, 3.8) is 0 Å². The number of nitrogens with one attached hydrogen (secondary N) is 2. The maximum Gasteiger partial charge on any atom is 0.397 e. The molecule has 0 radical (unpaired) electrons. The van der Waals surface area contributed by atoms with Crippen LogP contribution in [-0.4, -0.2) is 47.2 Å². The summed E-state index contributed by atoms with van der Waals surface area (Å²) in [4.78, 5) is 53.3. The minimum absolute atomic E-state index is 0.00186. The average Bonchev–Trinajstić information content (AvgIpc) is 3.39. The van der Waals surface area contributed by atoms with Crippen LogP contribution in [0.15, 0.2) is 54.6 Å². The largest absolute Gasteiger partial charge is 0.454 e. The van der Waals surface area contributed by atoms with Crippen LogP contribution >= 0.6 is 0 Å². The Morgan fingerprint density at radius 2 is 1.84 bits per heavy atom. The lowest BCUT2D eigenvalue weighted by atomic mass is 9.80. The first-order chi connectivity index (χ1) is 17.5. The first-order valence-corrected chi connectivity index (χ1v) is 12.2. The summed E-state index contributed by atoms with van der Waals surface area (Å²) in [5.74, 6) is -2.91. The van der Waals surface area contributed by atoms with Crippen LogP contribution in [0.2, 0.25) is 0 Å². The van der Waals surface area contributed by atoms with Gasteiger partial charge in [-0.05, 0) is 29.0 Å². The molecule has 2 aliphatic heterocycles. The predicted molar refractivity (Wildman–Crippen MR) is 135 cm³/mol. The zero-order chi connectivity index (χ0) is 26.8. The van der Waals surface area contributed by atoms with Gasteiger partial charge in [-0.15, -0.1) is 0 Å². The van der Waals surface area contributed by atoms with Gasteiger partial charge in [-0.3, -0.25) is 14.4 Å². The van der Waals surface area contributed by atoms with Crippen molar-refractivity contribution in [3.8, 4) is 6.07 Å². The molecule has 0 aromatic heterocycles. The molecular weight excluding hydrogens is 472 g/mol. The number of esters is 1. The van der Waals surface area contributed by atoms with Crippen LogP contribution < -0.4 is 10.6 Å². The van der Waals surface area contributed by atoms with E-state index < -0.39 is 40.7 Å². The molecule has 9 nitrogen and oxygen atoms in total. The molecule has 2 heterocycles. The minimum Gasteiger partial charge on any atom is -0.454 e. The van der Waals surface area contributed by atoms with Crippen molar-refractivity contribution in [1.82, 2.24) is 10.2 Å². The van der Waals surface area contributed by atoms with Crippen molar-refractivity contribution < 1.29 is 23.9 Å². The van der Waals surface area contributed by atoms with Gasteiger partial charge in [-0.2, -0.15) is 5.26 Å². The van der Waals surface area contributed by atoms with Crippen molar-refractivity contribution in [3.05, 3.63) is 65.7 Å². The van der Waals surface area contributed by atoms with E-state index in [1.54, 1.807) is 30.3 Å². The first kappa shape index (κ1) is 25.9. The van der Waals surface area contributed by atoms with Crippen molar-refractivity contribution in [2.24, 2.45) is 5.41 Å². The van der Waals surface area contributed by atoms with E-state index in [0.29, 0.717) is 5.69 Å². The molecule has 9 heteroatoms. The highest BCUT2D eigenvalue weighted by atomic mass is 16.5. The number of nitriles is 1. The van der Waals surface area contributed by atoms with Crippen LogP contribution in [0.1, 0.15) is 44.7 Å². The number of likely N-dealkylation sites (tertiary alicyclic amines) is 1. The van der Waals surface area contributed by atoms with Crippen LogP contribution in [0.25, 0.3) is 0 Å². The number of amides is 3. The van der Waals surface area contributed by atoms with E-state index in [0.717, 1.165) is 11.1 Å². The van der Waals surface area contributed by atoms with Crippen molar-refractivity contribution >= 4 is 29.4 Å². The fraction of sp³-hybridized carbons (Fsp3) is 0.393. The Morgan fingerprint density at radius 3 is 2.51 bits per heavy atom. The quantitative estimate of drug-likeness (QED) is 0.478. The lowest BCUT2D eigenvalue weighted by Gasteiger charge is -2.31. The Hall–Kier alpha value is -4.19. The van der Waals surface area contributed by atoms with E-state index in [-0.39, 0.29) is 31.9 Å². The lowest BCUT2D eigenvalue weighted by molar-refractivity contribution is -0.157. The maximum atomic E-state index is 13.8. The second-order valence-corrected chi connectivity index (χ2v) is 10.7. The monoisotopic (exact) mass is 502 g/mol. The fourth-order valence-corrected chi connectivity index (χ4v) is 5.00. The number of hydrogen-bond acceptors (Lipinski definition) is 6. The van der Waals surface area contributed by atoms with Crippen molar-refractivity contribution in [1.29, 1.82) is 5.26 Å². The van der Waals surface area contributed by atoms with Gasteiger partial charge < -0.3 is 20.3 Å². The molecule has 3 atom stereocenters. The highest BCUT2D eigenvalue weighted by Gasteiger charge is 2.56. The minimum atomic E-state index is -1.10. The van der Waals surface area contributed by atoms with Crippen LogP contribution in [0, 0.1) is 16.7 Å². The first-order valence-electron chi connectivity index (χ1n) is 12.2. The summed E-state index contributed by atoms with van der Waals surface area (Å²) in [5, 5.41) is 15.3. The Bertz CT molecular complexity index is 1260. The summed E-state index contributed by atoms with van der Waals surface area (Å²) in [6, 6.07) is 16.4. The maximum absolute atomic E-state index is 13.8. The predicted octanol–water partition coefficient (Wildman–Crippen LogP) is 2.67. The lowest BCUT2D eigenvalue weighted by Crippen LogP contribution is -2.53. The molecule has 0 saturated carbocycles. The molecule has 0 bridgehead atoms. The standard InChI is InChI=1S/C28H30N4O5/c1-27(2,3)14-22(30-23(33)25(35)37-16-18-9-5-4-6-10-18)24(34)32-17-28(13-19(32)15-29)20-11-7-8-12-21(20)31-26(28)36/h4-12,19,22H,13-14,16-17H2,1-3H3,(H,30,33)(H,31,36)/t19-,22-,28-/m0/s1. The van der Waals surface area contributed by atoms with Gasteiger partial charge >= 0.3 is 11.9 Å². The number of anilines is 1. The van der Waals surface area contributed by atoms with E-state index in [4.69, 9.17) is 4.74 Å². The fourth-order valence-electron chi connectivity index (χ4n) is 5.00. The summed E-state index contributed by atoms with van der Waals surface area (Å²) in [7, 11) is 0. The molecular formula is C28H30N4O5. The van der Waals surface area contributed by atoms with E-state index in [2.05, 4.69) is 16.7 Å². The van der Waals surface area contributed by atoms with E-state index >= 15 is 0 Å². The molecule has 2 N–H and O–H groups in total. The van der Waals surface area contributed by atoms with Crippen molar-refractivity contribution in [2.75, 3.05) is 11.9 Å². The number of fused-ring (bicyclic) bond motifs is 2. The summed E-state index contributed by atoms with van der Waals surface area (Å²) in [6.07, 6.45) is 0.362. The van der Waals surface area contributed by atoms with E-state index in [1.807, 2.05) is 45.0 Å².